The fraction of sp³-hybridized carbons (Fsp3) is 0.500. The van der Waals surface area contributed by atoms with E-state index in [1.54, 1.807) is 26.2 Å². The first kappa shape index (κ1) is 15.5. The third-order valence-electron chi connectivity index (χ3n) is 3.76. The van der Waals surface area contributed by atoms with Crippen LogP contribution >= 0.6 is 0 Å². The van der Waals surface area contributed by atoms with Crippen LogP contribution in [-0.4, -0.2) is 43.4 Å². The average Bonchev–Trinajstić information content (AvgIpc) is 2.93. The Morgan fingerprint density at radius 3 is 2.76 bits per heavy atom. The molecule has 5 heteroatoms. The Hall–Kier alpha value is -1.88. The molecule has 2 amide bonds. The van der Waals surface area contributed by atoms with Gasteiger partial charge in [-0.15, -0.1) is 0 Å². The molecule has 1 unspecified atom stereocenters. The Balaban J connectivity index is 2.06. The first-order valence-electron chi connectivity index (χ1n) is 7.33. The van der Waals surface area contributed by atoms with Crippen molar-refractivity contribution in [2.75, 3.05) is 26.0 Å². The Morgan fingerprint density at radius 1 is 1.38 bits per heavy atom. The van der Waals surface area contributed by atoms with Crippen LogP contribution in [0.3, 0.4) is 0 Å². The third kappa shape index (κ3) is 4.04. The fourth-order valence-electron chi connectivity index (χ4n) is 2.50. The van der Waals surface area contributed by atoms with Gasteiger partial charge in [0.15, 0.2) is 0 Å². The van der Waals surface area contributed by atoms with Gasteiger partial charge in [0.2, 0.25) is 5.91 Å². The molecule has 0 aliphatic carbocycles. The Morgan fingerprint density at radius 2 is 2.14 bits per heavy atom. The summed E-state index contributed by atoms with van der Waals surface area (Å²) < 4.78 is 0. The maximum absolute atomic E-state index is 12.1. The van der Waals surface area contributed by atoms with Gasteiger partial charge >= 0.3 is 0 Å². The summed E-state index contributed by atoms with van der Waals surface area (Å²) in [5.74, 6) is -0.0742. The quantitative estimate of drug-likeness (QED) is 0.888. The SMILES string of the molecule is Cc1ccc(C(=O)N(C)C)cc1NC(=O)CC1CCCN1. The van der Waals surface area contributed by atoms with Crippen molar-refractivity contribution in [1.29, 1.82) is 0 Å². The molecule has 2 rings (SSSR count). The van der Waals surface area contributed by atoms with E-state index in [0.717, 1.165) is 24.9 Å². The molecule has 0 saturated carbocycles. The van der Waals surface area contributed by atoms with E-state index in [4.69, 9.17) is 0 Å². The minimum absolute atomic E-state index is 0.00745. The van der Waals surface area contributed by atoms with Gasteiger partial charge < -0.3 is 15.5 Å². The highest BCUT2D eigenvalue weighted by atomic mass is 16.2. The van der Waals surface area contributed by atoms with E-state index in [-0.39, 0.29) is 17.9 Å². The molecule has 0 radical (unpaired) electrons. The summed E-state index contributed by atoms with van der Waals surface area (Å²) in [7, 11) is 3.43. The molecule has 0 aromatic heterocycles. The number of aryl methyl sites for hydroxylation is 1. The Labute approximate surface area is 125 Å². The number of anilines is 1. The Bertz CT molecular complexity index is 534. The van der Waals surface area contributed by atoms with Gasteiger partial charge in [-0.25, -0.2) is 0 Å². The van der Waals surface area contributed by atoms with E-state index in [1.165, 1.54) is 4.90 Å². The predicted molar refractivity (Wildman–Crippen MR) is 83.5 cm³/mol. The topological polar surface area (TPSA) is 61.4 Å². The molecule has 1 heterocycles. The fourth-order valence-corrected chi connectivity index (χ4v) is 2.50. The second-order valence-electron chi connectivity index (χ2n) is 5.77. The molecule has 114 valence electrons. The van der Waals surface area contributed by atoms with Gasteiger partial charge in [-0.3, -0.25) is 9.59 Å². The molecule has 0 spiro atoms. The lowest BCUT2D eigenvalue weighted by Gasteiger charge is -2.15. The van der Waals surface area contributed by atoms with Crippen LogP contribution in [0.15, 0.2) is 18.2 Å². The summed E-state index contributed by atoms with van der Waals surface area (Å²) >= 11 is 0. The molecule has 1 fully saturated rings. The molecule has 1 aromatic rings. The van der Waals surface area contributed by atoms with Gasteiger partial charge in [0.1, 0.15) is 0 Å². The maximum Gasteiger partial charge on any atom is 0.253 e. The predicted octanol–water partition coefficient (Wildman–Crippen LogP) is 1.78. The zero-order valence-electron chi connectivity index (χ0n) is 12.9. The van der Waals surface area contributed by atoms with Crippen LogP contribution in [0.25, 0.3) is 0 Å². The third-order valence-corrected chi connectivity index (χ3v) is 3.76. The van der Waals surface area contributed by atoms with E-state index in [2.05, 4.69) is 10.6 Å². The van der Waals surface area contributed by atoms with Crippen molar-refractivity contribution in [2.24, 2.45) is 0 Å². The molecule has 5 nitrogen and oxygen atoms in total. The highest BCUT2D eigenvalue weighted by molar-refractivity contribution is 5.97. The average molecular weight is 289 g/mol. The van der Waals surface area contributed by atoms with Crippen molar-refractivity contribution in [2.45, 2.75) is 32.2 Å². The first-order chi connectivity index (χ1) is 9.97. The number of hydrogen-bond donors (Lipinski definition) is 2. The number of nitrogens with one attached hydrogen (secondary N) is 2. The van der Waals surface area contributed by atoms with Crippen molar-refractivity contribution >= 4 is 17.5 Å². The molecule has 1 aliphatic rings. The van der Waals surface area contributed by atoms with E-state index >= 15 is 0 Å². The zero-order valence-corrected chi connectivity index (χ0v) is 12.9. The molecule has 2 N–H and O–H groups in total. The summed E-state index contributed by atoms with van der Waals surface area (Å²) in [5, 5.41) is 6.23. The second kappa shape index (κ2) is 6.72. The standard InChI is InChI=1S/C16H23N3O2/c1-11-6-7-12(16(21)19(2)3)9-14(11)18-15(20)10-13-5-4-8-17-13/h6-7,9,13,17H,4-5,8,10H2,1-3H3,(H,18,20). The zero-order chi connectivity index (χ0) is 15.4. The van der Waals surface area contributed by atoms with Gasteiger partial charge in [0.25, 0.3) is 5.91 Å². The van der Waals surface area contributed by atoms with Crippen molar-refractivity contribution < 1.29 is 9.59 Å². The molecule has 1 atom stereocenters. The maximum atomic E-state index is 12.1. The van der Waals surface area contributed by atoms with Gasteiger partial charge in [-0.1, -0.05) is 6.07 Å². The number of rotatable bonds is 4. The lowest BCUT2D eigenvalue weighted by molar-refractivity contribution is -0.116. The van der Waals surface area contributed by atoms with Crippen LogP contribution in [0.4, 0.5) is 5.69 Å². The van der Waals surface area contributed by atoms with Crippen molar-refractivity contribution in [3.8, 4) is 0 Å². The number of carbonyl (C=O) groups excluding carboxylic acids is 2. The van der Waals surface area contributed by atoms with Gasteiger partial charge in [-0.05, 0) is 44.0 Å². The van der Waals surface area contributed by atoms with Gasteiger partial charge in [0, 0.05) is 37.8 Å². The second-order valence-corrected chi connectivity index (χ2v) is 5.77. The summed E-state index contributed by atoms with van der Waals surface area (Å²) in [6, 6.07) is 5.67. The lowest BCUT2D eigenvalue weighted by atomic mass is 10.1. The van der Waals surface area contributed by atoms with Crippen molar-refractivity contribution in [3.63, 3.8) is 0 Å². The lowest BCUT2D eigenvalue weighted by Crippen LogP contribution is -2.27. The van der Waals surface area contributed by atoms with Crippen LogP contribution in [0.5, 0.6) is 0 Å². The van der Waals surface area contributed by atoms with E-state index in [9.17, 15) is 9.59 Å². The normalized spacial score (nSPS) is 17.6. The van der Waals surface area contributed by atoms with Gasteiger partial charge in [-0.2, -0.15) is 0 Å². The van der Waals surface area contributed by atoms with E-state index < -0.39 is 0 Å². The first-order valence-corrected chi connectivity index (χ1v) is 7.33. The van der Waals surface area contributed by atoms with E-state index in [0.29, 0.717) is 17.7 Å². The van der Waals surface area contributed by atoms with Crippen LogP contribution in [-0.2, 0) is 4.79 Å². The van der Waals surface area contributed by atoms with Crippen LogP contribution in [0.1, 0.15) is 35.2 Å². The number of carbonyl (C=O) groups is 2. The largest absolute Gasteiger partial charge is 0.345 e. The summed E-state index contributed by atoms with van der Waals surface area (Å²) in [6.45, 7) is 2.91. The molecule has 21 heavy (non-hydrogen) atoms. The number of hydrogen-bond acceptors (Lipinski definition) is 3. The minimum atomic E-state index is -0.0667. The Kier molecular flexibility index (Phi) is 4.96. The van der Waals surface area contributed by atoms with Crippen LogP contribution < -0.4 is 10.6 Å². The van der Waals surface area contributed by atoms with E-state index in [1.807, 2.05) is 13.0 Å². The molecule has 1 aromatic carbocycles. The summed E-state index contributed by atoms with van der Waals surface area (Å²) in [4.78, 5) is 25.6. The smallest absolute Gasteiger partial charge is 0.253 e. The highest BCUT2D eigenvalue weighted by Gasteiger charge is 2.18. The number of amides is 2. The summed E-state index contributed by atoms with van der Waals surface area (Å²) in [6.07, 6.45) is 2.65. The summed E-state index contributed by atoms with van der Waals surface area (Å²) in [5.41, 5.74) is 2.25. The van der Waals surface area contributed by atoms with Gasteiger partial charge in [0.05, 0.1) is 0 Å². The molecular formula is C16H23N3O2. The monoisotopic (exact) mass is 289 g/mol. The highest BCUT2D eigenvalue weighted by Crippen LogP contribution is 2.19. The van der Waals surface area contributed by atoms with Crippen LogP contribution in [0, 0.1) is 6.92 Å². The molecular weight excluding hydrogens is 266 g/mol. The van der Waals surface area contributed by atoms with Crippen molar-refractivity contribution in [3.05, 3.63) is 29.3 Å². The number of benzene rings is 1. The minimum Gasteiger partial charge on any atom is -0.345 e. The van der Waals surface area contributed by atoms with Crippen molar-refractivity contribution in [1.82, 2.24) is 10.2 Å². The van der Waals surface area contributed by atoms with Crippen LogP contribution in [0.2, 0.25) is 0 Å². The molecule has 1 aliphatic heterocycles. The molecule has 1 saturated heterocycles. The number of nitrogens with zero attached hydrogens (tertiary/aromatic N) is 1. The molecule has 0 bridgehead atoms.